The lowest BCUT2D eigenvalue weighted by Crippen LogP contribution is -2.38. The van der Waals surface area contributed by atoms with Crippen LogP contribution in [0.4, 0.5) is 10.1 Å². The van der Waals surface area contributed by atoms with E-state index in [0.29, 0.717) is 16.9 Å². The molecule has 1 fully saturated rings. The summed E-state index contributed by atoms with van der Waals surface area (Å²) < 4.78 is 42.9. The number of benzene rings is 2. The van der Waals surface area contributed by atoms with E-state index in [4.69, 9.17) is 0 Å². The maximum atomic E-state index is 14.1. The van der Waals surface area contributed by atoms with Crippen LogP contribution in [0.1, 0.15) is 48.2 Å². The van der Waals surface area contributed by atoms with E-state index in [-0.39, 0.29) is 16.6 Å². The normalized spacial score (nSPS) is 15.0. The van der Waals surface area contributed by atoms with Gasteiger partial charge in [-0.15, -0.1) is 0 Å². The number of amides is 1. The number of anilines is 1. The zero-order valence-electron chi connectivity index (χ0n) is 18.7. The highest BCUT2D eigenvalue weighted by molar-refractivity contribution is 7.89. The van der Waals surface area contributed by atoms with Crippen molar-refractivity contribution in [1.82, 2.24) is 14.1 Å². The molecule has 0 atom stereocenters. The number of rotatable bonds is 6. The summed E-state index contributed by atoms with van der Waals surface area (Å²) in [6, 6.07) is 12.4. The van der Waals surface area contributed by atoms with Gasteiger partial charge in [0.1, 0.15) is 11.5 Å². The van der Waals surface area contributed by atoms with Crippen molar-refractivity contribution in [3.63, 3.8) is 0 Å². The molecule has 2 aromatic carbocycles. The first-order valence-electron chi connectivity index (χ1n) is 11.0. The van der Waals surface area contributed by atoms with Crippen LogP contribution in [0.5, 0.6) is 0 Å². The molecule has 33 heavy (non-hydrogen) atoms. The van der Waals surface area contributed by atoms with E-state index in [9.17, 15) is 17.6 Å². The van der Waals surface area contributed by atoms with E-state index in [1.807, 2.05) is 0 Å². The third-order valence-corrected chi connectivity index (χ3v) is 8.14. The van der Waals surface area contributed by atoms with Crippen molar-refractivity contribution in [1.29, 1.82) is 0 Å². The Kier molecular flexibility index (Phi) is 6.62. The maximum absolute atomic E-state index is 14.1. The van der Waals surface area contributed by atoms with E-state index in [1.165, 1.54) is 33.4 Å². The standard InChI is InChI=1S/C24H27FN4O3S/c1-17-21(16-26-29(17)23-11-7-6-10-22(23)25)24(30)27-18-12-14-20(15-13-18)33(31,32)28(2)19-8-4-3-5-9-19/h6-7,10-16,19H,3-5,8-9H2,1-2H3,(H,27,30). The lowest BCUT2D eigenvalue weighted by Gasteiger charge is -2.30. The van der Waals surface area contributed by atoms with Gasteiger partial charge in [-0.25, -0.2) is 17.5 Å². The molecule has 174 valence electrons. The van der Waals surface area contributed by atoms with Crippen molar-refractivity contribution in [3.05, 3.63) is 71.8 Å². The van der Waals surface area contributed by atoms with E-state index in [1.54, 1.807) is 44.3 Å². The van der Waals surface area contributed by atoms with E-state index >= 15 is 0 Å². The van der Waals surface area contributed by atoms with Gasteiger partial charge in [-0.3, -0.25) is 4.79 Å². The fraction of sp³-hybridized carbons (Fsp3) is 0.333. The molecular formula is C24H27FN4O3S. The van der Waals surface area contributed by atoms with Crippen LogP contribution in [0.3, 0.4) is 0 Å². The van der Waals surface area contributed by atoms with Crippen LogP contribution >= 0.6 is 0 Å². The Morgan fingerprint density at radius 1 is 1.09 bits per heavy atom. The first kappa shape index (κ1) is 23.1. The first-order chi connectivity index (χ1) is 15.8. The minimum absolute atomic E-state index is 0.0251. The molecule has 1 aliphatic rings. The summed E-state index contributed by atoms with van der Waals surface area (Å²) >= 11 is 0. The Morgan fingerprint density at radius 2 is 1.76 bits per heavy atom. The summed E-state index contributed by atoms with van der Waals surface area (Å²) in [6.45, 7) is 1.69. The van der Waals surface area contributed by atoms with E-state index in [2.05, 4.69) is 10.4 Å². The van der Waals surface area contributed by atoms with Gasteiger partial charge >= 0.3 is 0 Å². The molecule has 1 heterocycles. The molecule has 9 heteroatoms. The molecule has 0 spiro atoms. The molecule has 1 N–H and O–H groups in total. The molecule has 4 rings (SSSR count). The summed E-state index contributed by atoms with van der Waals surface area (Å²) in [5, 5.41) is 6.91. The van der Waals surface area contributed by atoms with Crippen LogP contribution in [-0.2, 0) is 10.0 Å². The van der Waals surface area contributed by atoms with Gasteiger partial charge in [0.05, 0.1) is 22.3 Å². The van der Waals surface area contributed by atoms with Crippen LogP contribution in [-0.4, -0.2) is 41.5 Å². The van der Waals surface area contributed by atoms with Crippen molar-refractivity contribution < 1.29 is 17.6 Å². The van der Waals surface area contributed by atoms with Crippen LogP contribution in [0, 0.1) is 12.7 Å². The second-order valence-electron chi connectivity index (χ2n) is 8.30. The lowest BCUT2D eigenvalue weighted by molar-refractivity contribution is 0.102. The number of nitrogens with zero attached hydrogens (tertiary/aromatic N) is 3. The van der Waals surface area contributed by atoms with Gasteiger partial charge in [-0.05, 0) is 56.2 Å². The highest BCUT2D eigenvalue weighted by Gasteiger charge is 2.29. The minimum Gasteiger partial charge on any atom is -0.322 e. The van der Waals surface area contributed by atoms with Crippen LogP contribution < -0.4 is 5.32 Å². The molecule has 0 unspecified atom stereocenters. The summed E-state index contributed by atoms with van der Waals surface area (Å²) in [5.74, 6) is -0.851. The molecule has 1 aromatic heterocycles. The number of halogens is 1. The third-order valence-electron chi connectivity index (χ3n) is 6.21. The van der Waals surface area contributed by atoms with Gasteiger partial charge in [0.2, 0.25) is 10.0 Å². The minimum atomic E-state index is -3.60. The fourth-order valence-electron chi connectivity index (χ4n) is 4.21. The first-order valence-corrected chi connectivity index (χ1v) is 12.4. The second-order valence-corrected chi connectivity index (χ2v) is 10.3. The Balaban J connectivity index is 1.48. The number of aromatic nitrogens is 2. The van der Waals surface area contributed by atoms with Gasteiger partial charge in [-0.2, -0.15) is 9.40 Å². The fourth-order valence-corrected chi connectivity index (χ4v) is 5.63. The average molecular weight is 471 g/mol. The average Bonchev–Trinajstić information content (AvgIpc) is 3.21. The number of carbonyl (C=O) groups excluding carboxylic acids is 1. The Hall–Kier alpha value is -3.04. The predicted octanol–water partition coefficient (Wildman–Crippen LogP) is 4.53. The zero-order chi connectivity index (χ0) is 23.6. The number of para-hydroxylation sites is 1. The molecule has 1 saturated carbocycles. The lowest BCUT2D eigenvalue weighted by atomic mass is 9.96. The molecule has 3 aromatic rings. The molecular weight excluding hydrogens is 443 g/mol. The highest BCUT2D eigenvalue weighted by Crippen LogP contribution is 2.27. The van der Waals surface area contributed by atoms with Crippen molar-refractivity contribution in [3.8, 4) is 5.69 Å². The van der Waals surface area contributed by atoms with Gasteiger partial charge in [0.25, 0.3) is 5.91 Å². The largest absolute Gasteiger partial charge is 0.322 e. The molecule has 7 nitrogen and oxygen atoms in total. The Bertz CT molecular complexity index is 1250. The topological polar surface area (TPSA) is 84.3 Å². The Morgan fingerprint density at radius 3 is 2.42 bits per heavy atom. The van der Waals surface area contributed by atoms with Gasteiger partial charge < -0.3 is 5.32 Å². The maximum Gasteiger partial charge on any atom is 0.259 e. The SMILES string of the molecule is Cc1c(C(=O)Nc2ccc(S(=O)(=O)N(C)C3CCCCC3)cc2)cnn1-c1ccccc1F. The molecule has 0 saturated heterocycles. The summed E-state index contributed by atoms with van der Waals surface area (Å²) in [6.07, 6.45) is 6.38. The molecule has 0 radical (unpaired) electrons. The van der Waals surface area contributed by atoms with Crippen molar-refractivity contribution >= 4 is 21.6 Å². The van der Waals surface area contributed by atoms with Gasteiger partial charge in [0, 0.05) is 18.8 Å². The van der Waals surface area contributed by atoms with E-state index < -0.39 is 21.7 Å². The summed E-state index contributed by atoms with van der Waals surface area (Å²) in [4.78, 5) is 13.0. The van der Waals surface area contributed by atoms with Gasteiger partial charge in [0.15, 0.2) is 0 Å². The Labute approximate surface area is 193 Å². The van der Waals surface area contributed by atoms with Crippen LogP contribution in [0.15, 0.2) is 59.6 Å². The summed E-state index contributed by atoms with van der Waals surface area (Å²) in [5.41, 5.74) is 1.50. The van der Waals surface area contributed by atoms with E-state index in [0.717, 1.165) is 32.1 Å². The highest BCUT2D eigenvalue weighted by atomic mass is 32.2. The molecule has 0 bridgehead atoms. The molecule has 1 aliphatic carbocycles. The number of sulfonamides is 1. The monoisotopic (exact) mass is 470 g/mol. The van der Waals surface area contributed by atoms with Crippen LogP contribution in [0.25, 0.3) is 5.69 Å². The smallest absolute Gasteiger partial charge is 0.259 e. The summed E-state index contributed by atoms with van der Waals surface area (Å²) in [7, 11) is -1.97. The van der Waals surface area contributed by atoms with Crippen molar-refractivity contribution in [2.24, 2.45) is 0 Å². The van der Waals surface area contributed by atoms with Crippen molar-refractivity contribution in [2.45, 2.75) is 50.0 Å². The quantitative estimate of drug-likeness (QED) is 0.574. The molecule has 0 aliphatic heterocycles. The van der Waals surface area contributed by atoms with Gasteiger partial charge in [-0.1, -0.05) is 31.4 Å². The second kappa shape index (κ2) is 9.44. The number of nitrogens with one attached hydrogen (secondary N) is 1. The third kappa shape index (κ3) is 4.69. The van der Waals surface area contributed by atoms with Crippen LogP contribution in [0.2, 0.25) is 0 Å². The van der Waals surface area contributed by atoms with Crippen molar-refractivity contribution in [2.75, 3.05) is 12.4 Å². The predicted molar refractivity (Wildman–Crippen MR) is 124 cm³/mol. The number of hydrogen-bond acceptors (Lipinski definition) is 4. The zero-order valence-corrected chi connectivity index (χ0v) is 19.5. The number of hydrogen-bond donors (Lipinski definition) is 1. The number of carbonyl (C=O) groups is 1. The molecule has 1 amide bonds.